The molecule has 0 amide bonds. The van der Waals surface area contributed by atoms with Crippen LogP contribution in [0.4, 0.5) is 0 Å². The van der Waals surface area contributed by atoms with Crippen LogP contribution in [-0.2, 0) is 9.53 Å². The average Bonchev–Trinajstić information content (AvgIpc) is 2.82. The van der Waals surface area contributed by atoms with Gasteiger partial charge in [0.1, 0.15) is 22.5 Å². The molecule has 10 heteroatoms. The SMILES string of the molecule is COC(=O)C[C@@H](c1cccnc1)c1c(O)cc(O)c2c(=O)c(O)c(-c3ccc(O)c(O)c3)oc12. The summed E-state index contributed by atoms with van der Waals surface area (Å²) in [7, 11) is 1.20. The van der Waals surface area contributed by atoms with E-state index in [1.54, 1.807) is 12.1 Å². The highest BCUT2D eigenvalue weighted by Crippen LogP contribution is 2.44. The molecular weight excluding hydrogens is 446 g/mol. The third kappa shape index (κ3) is 3.81. The van der Waals surface area contributed by atoms with Gasteiger partial charge in [0.25, 0.3) is 0 Å². The Labute approximate surface area is 191 Å². The van der Waals surface area contributed by atoms with Crippen molar-refractivity contribution in [1.82, 2.24) is 4.98 Å². The summed E-state index contributed by atoms with van der Waals surface area (Å²) in [5.74, 6) is -4.87. The predicted molar refractivity (Wildman–Crippen MR) is 119 cm³/mol. The average molecular weight is 465 g/mol. The number of nitrogens with zero attached hydrogens (tertiary/aromatic N) is 1. The molecule has 0 aliphatic carbocycles. The van der Waals surface area contributed by atoms with E-state index in [0.29, 0.717) is 5.56 Å². The Morgan fingerprint density at radius 2 is 1.79 bits per heavy atom. The van der Waals surface area contributed by atoms with Gasteiger partial charge in [-0.1, -0.05) is 6.07 Å². The number of ether oxygens (including phenoxy) is 1. The van der Waals surface area contributed by atoms with E-state index in [1.165, 1.54) is 25.6 Å². The lowest BCUT2D eigenvalue weighted by molar-refractivity contribution is -0.140. The van der Waals surface area contributed by atoms with Crippen molar-refractivity contribution >= 4 is 16.9 Å². The van der Waals surface area contributed by atoms with Gasteiger partial charge in [0.05, 0.1) is 13.5 Å². The number of hydrogen-bond donors (Lipinski definition) is 5. The minimum atomic E-state index is -1.01. The van der Waals surface area contributed by atoms with Crippen LogP contribution in [0.25, 0.3) is 22.3 Å². The van der Waals surface area contributed by atoms with Gasteiger partial charge in [0.15, 0.2) is 17.3 Å². The first kappa shape index (κ1) is 22.5. The number of phenolic OH excluding ortho intramolecular Hbond substituents is 4. The minimum Gasteiger partial charge on any atom is -0.507 e. The van der Waals surface area contributed by atoms with Crippen molar-refractivity contribution in [3.8, 4) is 40.1 Å². The third-order valence-corrected chi connectivity index (χ3v) is 5.41. The first-order valence-electron chi connectivity index (χ1n) is 9.96. The number of fused-ring (bicyclic) bond motifs is 1. The predicted octanol–water partition coefficient (Wildman–Crippen LogP) is 3.08. The lowest BCUT2D eigenvalue weighted by atomic mass is 9.87. The Balaban J connectivity index is 2.08. The molecule has 2 aromatic carbocycles. The molecule has 1 atom stereocenters. The molecule has 34 heavy (non-hydrogen) atoms. The molecule has 0 fully saturated rings. The van der Waals surface area contributed by atoms with E-state index in [-0.39, 0.29) is 28.9 Å². The van der Waals surface area contributed by atoms with Crippen LogP contribution in [0.5, 0.6) is 28.7 Å². The first-order chi connectivity index (χ1) is 16.2. The molecule has 0 aliphatic heterocycles. The molecule has 0 spiro atoms. The molecule has 0 radical (unpaired) electrons. The van der Waals surface area contributed by atoms with Crippen LogP contribution < -0.4 is 5.43 Å². The Bertz CT molecular complexity index is 1460. The van der Waals surface area contributed by atoms with E-state index in [2.05, 4.69) is 4.98 Å². The number of methoxy groups -OCH3 is 1. The number of pyridine rings is 1. The smallest absolute Gasteiger partial charge is 0.306 e. The van der Waals surface area contributed by atoms with E-state index < -0.39 is 51.4 Å². The van der Waals surface area contributed by atoms with Crippen LogP contribution in [-0.4, -0.2) is 43.6 Å². The van der Waals surface area contributed by atoms with Crippen LogP contribution in [0.1, 0.15) is 23.5 Å². The van der Waals surface area contributed by atoms with E-state index in [0.717, 1.165) is 18.2 Å². The summed E-state index contributed by atoms with van der Waals surface area (Å²) in [5.41, 5.74) is -0.806. The Kier molecular flexibility index (Phi) is 5.72. The molecule has 4 rings (SSSR count). The van der Waals surface area contributed by atoms with E-state index >= 15 is 0 Å². The van der Waals surface area contributed by atoms with Crippen molar-refractivity contribution in [2.75, 3.05) is 7.11 Å². The highest BCUT2D eigenvalue weighted by Gasteiger charge is 2.30. The van der Waals surface area contributed by atoms with Crippen LogP contribution in [0.15, 0.2) is 58.0 Å². The molecule has 4 aromatic rings. The highest BCUT2D eigenvalue weighted by molar-refractivity contribution is 5.92. The molecule has 2 aromatic heterocycles. The monoisotopic (exact) mass is 465 g/mol. The standard InChI is InChI=1S/C24H19NO9/c1-33-18(30)8-13(12-3-2-6-25-10-12)19-16(28)9-17(29)20-21(31)22(32)23(34-24(19)20)11-4-5-14(26)15(27)7-11/h2-7,9-10,13,26-29,32H,8H2,1H3/t13-/m0/s1. The summed E-state index contributed by atoms with van der Waals surface area (Å²) in [5, 5.41) is 50.7. The van der Waals surface area contributed by atoms with Crippen molar-refractivity contribution in [3.05, 3.63) is 70.1 Å². The van der Waals surface area contributed by atoms with Crippen LogP contribution in [0, 0.1) is 0 Å². The fraction of sp³-hybridized carbons (Fsp3) is 0.125. The van der Waals surface area contributed by atoms with Crippen LogP contribution in [0.2, 0.25) is 0 Å². The van der Waals surface area contributed by atoms with Gasteiger partial charge in [-0.2, -0.15) is 0 Å². The number of hydrogen-bond acceptors (Lipinski definition) is 10. The summed E-state index contributed by atoms with van der Waals surface area (Å²) in [6, 6.07) is 7.66. The van der Waals surface area contributed by atoms with Gasteiger partial charge >= 0.3 is 5.97 Å². The molecule has 0 aliphatic rings. The van der Waals surface area contributed by atoms with Gasteiger partial charge in [0.2, 0.25) is 11.2 Å². The number of benzene rings is 2. The molecule has 0 bridgehead atoms. The van der Waals surface area contributed by atoms with E-state index in [9.17, 15) is 35.1 Å². The van der Waals surface area contributed by atoms with Gasteiger partial charge in [-0.3, -0.25) is 14.6 Å². The quantitative estimate of drug-likeness (QED) is 0.218. The van der Waals surface area contributed by atoms with E-state index in [4.69, 9.17) is 9.15 Å². The largest absolute Gasteiger partial charge is 0.507 e. The van der Waals surface area contributed by atoms with Crippen molar-refractivity contribution < 1.29 is 39.5 Å². The lowest BCUT2D eigenvalue weighted by Crippen LogP contribution is -2.12. The second-order valence-corrected chi connectivity index (χ2v) is 7.46. The summed E-state index contributed by atoms with van der Waals surface area (Å²) >= 11 is 0. The Hall–Kier alpha value is -4.73. The summed E-state index contributed by atoms with van der Waals surface area (Å²) < 4.78 is 10.6. The fourth-order valence-electron chi connectivity index (χ4n) is 3.76. The zero-order valence-electron chi connectivity index (χ0n) is 17.7. The topological polar surface area (TPSA) is 171 Å². The number of aromatic nitrogens is 1. The number of carbonyl (C=O) groups is 1. The number of phenols is 4. The lowest BCUT2D eigenvalue weighted by Gasteiger charge is -2.20. The molecular formula is C24H19NO9. The molecule has 0 saturated heterocycles. The normalized spacial score (nSPS) is 11.9. The number of carbonyl (C=O) groups excluding carboxylic acids is 1. The fourth-order valence-corrected chi connectivity index (χ4v) is 3.76. The minimum absolute atomic E-state index is 0.0208. The van der Waals surface area contributed by atoms with Gasteiger partial charge in [0, 0.05) is 35.5 Å². The number of rotatable bonds is 5. The van der Waals surface area contributed by atoms with E-state index in [1.807, 2.05) is 0 Å². The van der Waals surface area contributed by atoms with Crippen molar-refractivity contribution in [2.24, 2.45) is 0 Å². The van der Waals surface area contributed by atoms with Crippen LogP contribution in [0.3, 0.4) is 0 Å². The summed E-state index contributed by atoms with van der Waals surface area (Å²) in [6.45, 7) is 0. The van der Waals surface area contributed by atoms with Crippen molar-refractivity contribution in [1.29, 1.82) is 0 Å². The second kappa shape index (κ2) is 8.66. The number of esters is 1. The highest BCUT2D eigenvalue weighted by atomic mass is 16.5. The maximum absolute atomic E-state index is 13.0. The molecule has 0 unspecified atom stereocenters. The van der Waals surface area contributed by atoms with Gasteiger partial charge in [-0.15, -0.1) is 0 Å². The Morgan fingerprint density at radius 3 is 2.44 bits per heavy atom. The van der Waals surface area contributed by atoms with Gasteiger partial charge < -0.3 is 34.7 Å². The maximum atomic E-state index is 13.0. The van der Waals surface area contributed by atoms with Gasteiger partial charge in [-0.05, 0) is 29.8 Å². The first-order valence-corrected chi connectivity index (χ1v) is 9.96. The van der Waals surface area contributed by atoms with Crippen LogP contribution >= 0.6 is 0 Å². The molecule has 0 saturated carbocycles. The van der Waals surface area contributed by atoms with Crippen molar-refractivity contribution in [3.63, 3.8) is 0 Å². The molecule has 10 nitrogen and oxygen atoms in total. The van der Waals surface area contributed by atoms with Gasteiger partial charge in [-0.25, -0.2) is 0 Å². The zero-order valence-corrected chi connectivity index (χ0v) is 17.7. The maximum Gasteiger partial charge on any atom is 0.306 e. The molecule has 2 heterocycles. The molecule has 5 N–H and O–H groups in total. The summed E-state index contributed by atoms with van der Waals surface area (Å²) in [4.78, 5) is 29.3. The number of aromatic hydroxyl groups is 5. The third-order valence-electron chi connectivity index (χ3n) is 5.41. The molecule has 174 valence electrons. The second-order valence-electron chi connectivity index (χ2n) is 7.46. The Morgan fingerprint density at radius 1 is 1.03 bits per heavy atom. The van der Waals surface area contributed by atoms with Crippen molar-refractivity contribution in [2.45, 2.75) is 12.3 Å². The summed E-state index contributed by atoms with van der Waals surface area (Å²) in [6.07, 6.45) is 2.71. The zero-order chi connectivity index (χ0) is 24.6.